The van der Waals surface area contributed by atoms with Gasteiger partial charge in [-0.25, -0.2) is 12.8 Å². The molecule has 7 heteroatoms. The zero-order chi connectivity index (χ0) is 15.5. The highest BCUT2D eigenvalue weighted by Crippen LogP contribution is 2.22. The Morgan fingerprint density at radius 1 is 1.19 bits per heavy atom. The molecule has 0 fully saturated rings. The fraction of sp³-hybridized carbons (Fsp3) is 0.0714. The molecule has 4 nitrogen and oxygen atoms in total. The number of benzene rings is 2. The van der Waals surface area contributed by atoms with Crippen LogP contribution < -0.4 is 4.72 Å². The van der Waals surface area contributed by atoms with Gasteiger partial charge >= 0.3 is 0 Å². The minimum atomic E-state index is -4.03. The van der Waals surface area contributed by atoms with E-state index < -0.39 is 20.7 Å². The average molecular weight is 325 g/mol. The summed E-state index contributed by atoms with van der Waals surface area (Å²) in [5.74, 6) is -0.920. The van der Waals surface area contributed by atoms with Gasteiger partial charge in [-0.1, -0.05) is 23.7 Å². The first-order valence-corrected chi connectivity index (χ1v) is 7.72. The summed E-state index contributed by atoms with van der Waals surface area (Å²) in [6.07, 6.45) is 0.235. The molecule has 1 N–H and O–H groups in total. The van der Waals surface area contributed by atoms with E-state index >= 15 is 0 Å². The smallest absolute Gasteiger partial charge is 0.264 e. The van der Waals surface area contributed by atoms with Crippen LogP contribution in [0.25, 0.3) is 0 Å². The molecule has 0 spiro atoms. The van der Waals surface area contributed by atoms with E-state index in [-0.39, 0.29) is 17.1 Å². The minimum absolute atomic E-state index is 0.118. The van der Waals surface area contributed by atoms with Crippen molar-refractivity contribution in [2.75, 3.05) is 4.72 Å². The molecular weight excluding hydrogens is 315 g/mol. The first-order chi connectivity index (χ1) is 9.92. The fourth-order valence-electron chi connectivity index (χ4n) is 1.69. The van der Waals surface area contributed by atoms with E-state index in [1.165, 1.54) is 18.2 Å². The van der Waals surface area contributed by atoms with Crippen molar-refractivity contribution in [1.29, 1.82) is 5.26 Å². The molecule has 2 rings (SSSR count). The standard InChI is InChI=1S/C14H10ClFN2O2S/c15-11-3-6-14(13(16)9-11)21(19,20)18-12-4-1-10(2-5-12)7-8-17/h1-6,9,18H,7H2. The van der Waals surface area contributed by atoms with Crippen LogP contribution in [0.2, 0.25) is 5.02 Å². The maximum atomic E-state index is 13.7. The van der Waals surface area contributed by atoms with Crippen LogP contribution in [0.3, 0.4) is 0 Å². The molecule has 0 heterocycles. The molecular formula is C14H10ClFN2O2S. The van der Waals surface area contributed by atoms with Crippen LogP contribution in [-0.2, 0) is 16.4 Å². The Kier molecular flexibility index (Phi) is 4.46. The zero-order valence-electron chi connectivity index (χ0n) is 10.7. The molecule has 0 aromatic heterocycles. The van der Waals surface area contributed by atoms with Crippen molar-refractivity contribution in [2.45, 2.75) is 11.3 Å². The number of nitrogens with one attached hydrogen (secondary N) is 1. The summed E-state index contributed by atoms with van der Waals surface area (Å²) in [7, 11) is -4.03. The van der Waals surface area contributed by atoms with Crippen molar-refractivity contribution in [1.82, 2.24) is 0 Å². The Hall–Kier alpha value is -2.10. The van der Waals surface area contributed by atoms with Gasteiger partial charge in [-0.05, 0) is 35.9 Å². The number of sulfonamides is 1. The summed E-state index contributed by atoms with van der Waals surface area (Å²) < 4.78 is 40.1. The Bertz CT molecular complexity index is 799. The fourth-order valence-corrected chi connectivity index (χ4v) is 2.96. The molecule has 0 aliphatic rings. The van der Waals surface area contributed by atoms with Crippen LogP contribution in [0.15, 0.2) is 47.4 Å². The van der Waals surface area contributed by atoms with Crippen LogP contribution in [0, 0.1) is 17.1 Å². The van der Waals surface area contributed by atoms with Crippen LogP contribution in [-0.4, -0.2) is 8.42 Å². The Morgan fingerprint density at radius 3 is 2.43 bits per heavy atom. The van der Waals surface area contributed by atoms with Crippen molar-refractivity contribution >= 4 is 27.3 Å². The molecule has 0 unspecified atom stereocenters. The number of halogens is 2. The van der Waals surface area contributed by atoms with Gasteiger partial charge in [0.05, 0.1) is 12.5 Å². The lowest BCUT2D eigenvalue weighted by Gasteiger charge is -2.09. The highest BCUT2D eigenvalue weighted by atomic mass is 35.5. The molecule has 0 radical (unpaired) electrons. The highest BCUT2D eigenvalue weighted by Gasteiger charge is 2.19. The molecule has 0 atom stereocenters. The van der Waals surface area contributed by atoms with Gasteiger partial charge in [0.15, 0.2) is 0 Å². The molecule has 21 heavy (non-hydrogen) atoms. The molecule has 2 aromatic carbocycles. The monoisotopic (exact) mass is 324 g/mol. The second-order valence-electron chi connectivity index (χ2n) is 4.21. The molecule has 0 saturated heterocycles. The Morgan fingerprint density at radius 2 is 1.86 bits per heavy atom. The van der Waals surface area contributed by atoms with Crippen molar-refractivity contribution in [2.24, 2.45) is 0 Å². The topological polar surface area (TPSA) is 70.0 Å². The summed E-state index contributed by atoms with van der Waals surface area (Å²) in [5.41, 5.74) is 1.05. The highest BCUT2D eigenvalue weighted by molar-refractivity contribution is 7.92. The van der Waals surface area contributed by atoms with Gasteiger partial charge in [0.1, 0.15) is 10.7 Å². The van der Waals surface area contributed by atoms with Gasteiger partial charge in [0.25, 0.3) is 10.0 Å². The lowest BCUT2D eigenvalue weighted by molar-refractivity contribution is 0.570. The third-order valence-corrected chi connectivity index (χ3v) is 4.32. The van der Waals surface area contributed by atoms with Gasteiger partial charge in [-0.15, -0.1) is 0 Å². The van der Waals surface area contributed by atoms with E-state index in [0.29, 0.717) is 0 Å². The lowest BCUT2D eigenvalue weighted by Crippen LogP contribution is -2.14. The summed E-state index contributed by atoms with van der Waals surface area (Å²) >= 11 is 5.59. The Labute approximate surface area is 126 Å². The predicted molar refractivity (Wildman–Crippen MR) is 78.0 cm³/mol. The molecule has 0 amide bonds. The third kappa shape index (κ3) is 3.72. The van der Waals surface area contributed by atoms with Crippen LogP contribution in [0.4, 0.5) is 10.1 Å². The van der Waals surface area contributed by atoms with Crippen LogP contribution in [0.1, 0.15) is 5.56 Å². The maximum absolute atomic E-state index is 13.7. The molecule has 0 aliphatic heterocycles. The summed E-state index contributed by atoms with van der Waals surface area (Å²) in [6, 6.07) is 11.6. The quantitative estimate of drug-likeness (QED) is 0.937. The predicted octanol–water partition coefficient (Wildman–Crippen LogP) is 3.35. The molecule has 108 valence electrons. The van der Waals surface area contributed by atoms with Crippen molar-refractivity contribution in [3.63, 3.8) is 0 Å². The number of hydrogen-bond acceptors (Lipinski definition) is 3. The van der Waals surface area contributed by atoms with Gasteiger partial charge in [0, 0.05) is 10.7 Å². The zero-order valence-corrected chi connectivity index (χ0v) is 12.2. The molecule has 0 bridgehead atoms. The molecule has 2 aromatic rings. The summed E-state index contributed by atoms with van der Waals surface area (Å²) in [4.78, 5) is -0.479. The maximum Gasteiger partial charge on any atom is 0.264 e. The minimum Gasteiger partial charge on any atom is -0.280 e. The normalized spacial score (nSPS) is 10.9. The van der Waals surface area contributed by atoms with Gasteiger partial charge in [-0.3, -0.25) is 4.72 Å². The third-order valence-electron chi connectivity index (χ3n) is 2.67. The number of rotatable bonds is 4. The van der Waals surface area contributed by atoms with E-state index in [1.54, 1.807) is 12.1 Å². The first kappa shape index (κ1) is 15.3. The summed E-state index contributed by atoms with van der Waals surface area (Å²) in [6.45, 7) is 0. The Balaban J connectivity index is 2.27. The van der Waals surface area contributed by atoms with E-state index in [2.05, 4.69) is 4.72 Å². The van der Waals surface area contributed by atoms with Crippen molar-refractivity contribution < 1.29 is 12.8 Å². The summed E-state index contributed by atoms with van der Waals surface area (Å²) in [5, 5.41) is 8.68. The number of anilines is 1. The van der Waals surface area contributed by atoms with E-state index in [9.17, 15) is 12.8 Å². The SMILES string of the molecule is N#CCc1ccc(NS(=O)(=O)c2ccc(Cl)cc2F)cc1. The largest absolute Gasteiger partial charge is 0.280 e. The van der Waals surface area contributed by atoms with E-state index in [4.69, 9.17) is 16.9 Å². The number of hydrogen-bond donors (Lipinski definition) is 1. The average Bonchev–Trinajstić information content (AvgIpc) is 2.40. The van der Waals surface area contributed by atoms with Gasteiger partial charge < -0.3 is 0 Å². The van der Waals surface area contributed by atoms with E-state index in [0.717, 1.165) is 17.7 Å². The van der Waals surface area contributed by atoms with Crippen LogP contribution in [0.5, 0.6) is 0 Å². The van der Waals surface area contributed by atoms with E-state index in [1.807, 2.05) is 6.07 Å². The van der Waals surface area contributed by atoms with Gasteiger partial charge in [0.2, 0.25) is 0 Å². The first-order valence-electron chi connectivity index (χ1n) is 5.86. The second kappa shape index (κ2) is 6.12. The molecule has 0 saturated carbocycles. The van der Waals surface area contributed by atoms with Gasteiger partial charge in [-0.2, -0.15) is 5.26 Å². The van der Waals surface area contributed by atoms with Crippen molar-refractivity contribution in [3.8, 4) is 6.07 Å². The number of nitriles is 1. The second-order valence-corrected chi connectivity index (χ2v) is 6.30. The van der Waals surface area contributed by atoms with Crippen molar-refractivity contribution in [3.05, 3.63) is 58.9 Å². The number of nitrogens with zero attached hydrogens (tertiary/aromatic N) is 1. The molecule has 0 aliphatic carbocycles. The lowest BCUT2D eigenvalue weighted by atomic mass is 10.1. The van der Waals surface area contributed by atoms with Crippen LogP contribution >= 0.6 is 11.6 Å².